The van der Waals surface area contributed by atoms with Gasteiger partial charge in [0.1, 0.15) is 17.0 Å². The first kappa shape index (κ1) is 41.1. The van der Waals surface area contributed by atoms with Crippen LogP contribution in [0, 0.1) is 24.2 Å². The SMILES string of the molecule is C.C.C.C#Cc1cccc(Cl)c1.CC(C)(C)OC(=O)N1CCC(=O)CC1.OC1(C#Cc2cccc(Cl)c2)CCNCC1. The van der Waals surface area contributed by atoms with E-state index in [9.17, 15) is 14.7 Å². The number of amides is 1. The van der Waals surface area contributed by atoms with E-state index in [0.717, 1.165) is 24.2 Å². The summed E-state index contributed by atoms with van der Waals surface area (Å²) in [5.74, 6) is 8.64. The normalized spacial score (nSPS) is 15.0. The second-order valence-electron chi connectivity index (χ2n) is 10.2. The Morgan fingerprint density at radius 2 is 1.48 bits per heavy atom. The average Bonchev–Trinajstić information content (AvgIpc) is 2.88. The highest BCUT2D eigenvalue weighted by Gasteiger charge is 2.26. The Hall–Kier alpha value is -3.00. The van der Waals surface area contributed by atoms with Gasteiger partial charge in [-0.05, 0) is 83.1 Å². The van der Waals surface area contributed by atoms with E-state index in [1.165, 1.54) is 0 Å². The van der Waals surface area contributed by atoms with Crippen LogP contribution < -0.4 is 5.32 Å². The molecule has 0 saturated carbocycles. The molecule has 42 heavy (non-hydrogen) atoms. The molecule has 0 bridgehead atoms. The molecule has 2 N–H and O–H groups in total. The number of Topliss-reactive ketones (excluding diaryl/α,β-unsaturated/α-hetero) is 1. The van der Waals surface area contributed by atoms with Crippen LogP contribution in [0.15, 0.2) is 48.5 Å². The topological polar surface area (TPSA) is 78.9 Å². The molecule has 0 aliphatic carbocycles. The van der Waals surface area contributed by atoms with E-state index in [-0.39, 0.29) is 34.2 Å². The summed E-state index contributed by atoms with van der Waals surface area (Å²) < 4.78 is 5.19. The molecular formula is C34H48Cl2N2O4. The van der Waals surface area contributed by atoms with Crippen LogP contribution in [-0.4, -0.2) is 59.3 Å². The van der Waals surface area contributed by atoms with Crippen molar-refractivity contribution in [2.45, 2.75) is 79.9 Å². The van der Waals surface area contributed by atoms with Crippen LogP contribution in [0.25, 0.3) is 0 Å². The van der Waals surface area contributed by atoms with Crippen molar-refractivity contribution in [2.75, 3.05) is 26.2 Å². The van der Waals surface area contributed by atoms with Crippen LogP contribution in [-0.2, 0) is 9.53 Å². The van der Waals surface area contributed by atoms with Gasteiger partial charge in [-0.25, -0.2) is 4.79 Å². The van der Waals surface area contributed by atoms with Crippen molar-refractivity contribution in [2.24, 2.45) is 0 Å². The minimum Gasteiger partial charge on any atom is -0.444 e. The molecule has 6 nitrogen and oxygen atoms in total. The van der Waals surface area contributed by atoms with Crippen molar-refractivity contribution < 1.29 is 19.4 Å². The van der Waals surface area contributed by atoms with Gasteiger partial charge >= 0.3 is 6.09 Å². The highest BCUT2D eigenvalue weighted by Crippen LogP contribution is 2.17. The third-order valence-corrected chi connectivity index (χ3v) is 6.13. The van der Waals surface area contributed by atoms with Gasteiger partial charge in [0.25, 0.3) is 0 Å². The molecule has 2 fully saturated rings. The first-order valence-corrected chi connectivity index (χ1v) is 13.6. The summed E-state index contributed by atoms with van der Waals surface area (Å²) in [6.07, 6.45) is 7.07. The lowest BCUT2D eigenvalue weighted by molar-refractivity contribution is -0.121. The molecule has 2 aromatic rings. The minimum absolute atomic E-state index is 0. The molecule has 0 unspecified atom stereocenters. The number of nitrogens with one attached hydrogen (secondary N) is 1. The number of hydrogen-bond donors (Lipinski definition) is 2. The standard InChI is InChI=1S/C13H14ClNO.C10H17NO3.C8H5Cl.3CH4/c14-12-3-1-2-11(10-12)4-5-13(16)6-8-15-9-7-13;1-10(2,3)14-9(13)11-6-4-8(12)5-7-11;1-2-7-4-3-5-8(9)6-7;;;/h1-3,10,15-16H,6-9H2;4-7H2,1-3H3;1,3-6H;3*1H4. The third kappa shape index (κ3) is 16.4. The van der Waals surface area contributed by atoms with Crippen LogP contribution in [0.3, 0.4) is 0 Å². The average molecular weight is 620 g/mol. The molecule has 2 aliphatic rings. The number of ketones is 1. The number of terminal acetylenes is 1. The van der Waals surface area contributed by atoms with Gasteiger partial charge in [-0.1, -0.05) is 75.4 Å². The number of piperidine rings is 2. The molecule has 4 rings (SSSR count). The van der Waals surface area contributed by atoms with Crippen molar-refractivity contribution in [1.29, 1.82) is 0 Å². The lowest BCUT2D eigenvalue weighted by Gasteiger charge is -2.29. The van der Waals surface area contributed by atoms with Crippen molar-refractivity contribution in [3.05, 3.63) is 69.7 Å². The van der Waals surface area contributed by atoms with E-state index >= 15 is 0 Å². The van der Waals surface area contributed by atoms with Gasteiger partial charge in [-0.3, -0.25) is 4.79 Å². The highest BCUT2D eigenvalue weighted by atomic mass is 35.5. The van der Waals surface area contributed by atoms with Crippen molar-refractivity contribution in [3.8, 4) is 24.2 Å². The summed E-state index contributed by atoms with van der Waals surface area (Å²) in [6, 6.07) is 14.6. The lowest BCUT2D eigenvalue weighted by Crippen LogP contribution is -2.41. The van der Waals surface area contributed by atoms with Gasteiger partial charge in [0.15, 0.2) is 0 Å². The number of carbonyl (C=O) groups is 2. The Kier molecular flexibility index (Phi) is 19.6. The first-order chi connectivity index (χ1) is 18.4. The molecule has 1 amide bonds. The van der Waals surface area contributed by atoms with E-state index in [0.29, 0.717) is 48.8 Å². The fraction of sp³-hybridized carbons (Fsp3) is 0.471. The number of aliphatic hydroxyl groups is 1. The van der Waals surface area contributed by atoms with Gasteiger partial charge in [0, 0.05) is 47.1 Å². The molecule has 2 saturated heterocycles. The fourth-order valence-corrected chi connectivity index (χ4v) is 3.94. The largest absolute Gasteiger partial charge is 0.444 e. The van der Waals surface area contributed by atoms with Crippen LogP contribution in [0.4, 0.5) is 4.79 Å². The molecule has 2 heterocycles. The quantitative estimate of drug-likeness (QED) is 0.297. The Balaban J connectivity index is 0. The predicted molar refractivity (Wildman–Crippen MR) is 177 cm³/mol. The molecule has 0 radical (unpaired) electrons. The van der Waals surface area contributed by atoms with Crippen LogP contribution in [0.2, 0.25) is 10.0 Å². The number of hydrogen-bond acceptors (Lipinski definition) is 5. The van der Waals surface area contributed by atoms with Gasteiger partial charge in [0.2, 0.25) is 0 Å². The minimum atomic E-state index is -0.840. The summed E-state index contributed by atoms with van der Waals surface area (Å²) in [5.41, 5.74) is 0.369. The number of carbonyl (C=O) groups excluding carboxylic acids is 2. The Morgan fingerprint density at radius 3 is 1.93 bits per heavy atom. The molecule has 8 heteroatoms. The third-order valence-electron chi connectivity index (χ3n) is 5.66. The number of rotatable bonds is 0. The van der Waals surface area contributed by atoms with Gasteiger partial charge < -0.3 is 20.1 Å². The van der Waals surface area contributed by atoms with E-state index in [2.05, 4.69) is 23.1 Å². The molecule has 2 aromatic carbocycles. The van der Waals surface area contributed by atoms with E-state index < -0.39 is 11.2 Å². The summed E-state index contributed by atoms with van der Waals surface area (Å²) in [6.45, 7) is 8.13. The van der Waals surface area contributed by atoms with Crippen molar-refractivity contribution in [3.63, 3.8) is 0 Å². The molecular weight excluding hydrogens is 571 g/mol. The Labute approximate surface area is 264 Å². The highest BCUT2D eigenvalue weighted by molar-refractivity contribution is 6.30. The second-order valence-corrected chi connectivity index (χ2v) is 11.1. The van der Waals surface area contributed by atoms with E-state index in [1.807, 2.05) is 51.1 Å². The second kappa shape index (κ2) is 20.0. The number of halogens is 2. The maximum absolute atomic E-state index is 11.5. The maximum atomic E-state index is 11.5. The van der Waals surface area contributed by atoms with Crippen molar-refractivity contribution in [1.82, 2.24) is 10.2 Å². The van der Waals surface area contributed by atoms with Crippen LogP contribution in [0.5, 0.6) is 0 Å². The van der Waals surface area contributed by atoms with E-state index in [4.69, 9.17) is 34.4 Å². The molecule has 0 atom stereocenters. The lowest BCUT2D eigenvalue weighted by atomic mass is 9.93. The van der Waals surface area contributed by atoms with Gasteiger partial charge in [-0.2, -0.15) is 0 Å². The van der Waals surface area contributed by atoms with E-state index in [1.54, 1.807) is 23.1 Å². The molecule has 0 aromatic heterocycles. The van der Waals surface area contributed by atoms with Crippen LogP contribution >= 0.6 is 23.2 Å². The monoisotopic (exact) mass is 618 g/mol. The van der Waals surface area contributed by atoms with Gasteiger partial charge in [0.05, 0.1) is 0 Å². The number of benzene rings is 2. The smallest absolute Gasteiger partial charge is 0.410 e. The van der Waals surface area contributed by atoms with Crippen molar-refractivity contribution >= 4 is 35.1 Å². The summed E-state index contributed by atoms with van der Waals surface area (Å²) in [7, 11) is 0. The van der Waals surface area contributed by atoms with Gasteiger partial charge in [-0.15, -0.1) is 6.42 Å². The zero-order valence-electron chi connectivity index (χ0n) is 22.7. The summed E-state index contributed by atoms with van der Waals surface area (Å²) in [5, 5.41) is 14.7. The molecule has 232 valence electrons. The number of nitrogens with zero attached hydrogens (tertiary/aromatic N) is 1. The zero-order valence-corrected chi connectivity index (χ0v) is 24.2. The maximum Gasteiger partial charge on any atom is 0.410 e. The predicted octanol–water partition coefficient (Wildman–Crippen LogP) is 7.62. The first-order valence-electron chi connectivity index (χ1n) is 12.8. The molecule has 2 aliphatic heterocycles. The fourth-order valence-electron chi connectivity index (χ4n) is 3.56. The number of likely N-dealkylation sites (tertiary alicyclic amines) is 1. The number of ether oxygens (including phenoxy) is 1. The Bertz CT molecular complexity index is 1210. The van der Waals surface area contributed by atoms with Crippen LogP contribution in [0.1, 0.15) is 79.9 Å². The summed E-state index contributed by atoms with van der Waals surface area (Å²) >= 11 is 11.5. The Morgan fingerprint density at radius 1 is 0.976 bits per heavy atom. The zero-order chi connectivity index (χ0) is 28.9. The molecule has 0 spiro atoms. The summed E-state index contributed by atoms with van der Waals surface area (Å²) in [4.78, 5) is 24.0.